The van der Waals surface area contributed by atoms with Crippen LogP contribution in [0, 0.1) is 5.41 Å². The fraction of sp³-hybridized carbons (Fsp3) is 0.111. The molecule has 1 aromatic rings. The molecule has 3 N–H and O–H groups in total. The van der Waals surface area contributed by atoms with Crippen molar-refractivity contribution in [1.82, 2.24) is 0 Å². The number of ether oxygens (including phenoxy) is 1. The van der Waals surface area contributed by atoms with Crippen molar-refractivity contribution in [3.05, 3.63) is 76.9 Å². The smallest absolute Gasteiger partial charge is 0.343 e. The Hall–Kier alpha value is -2.88. The lowest BCUT2D eigenvalue weighted by atomic mass is 9.94. The van der Waals surface area contributed by atoms with Gasteiger partial charge in [-0.25, -0.2) is 4.79 Å². The van der Waals surface area contributed by atoms with Crippen molar-refractivity contribution in [2.45, 2.75) is 12.8 Å². The van der Waals surface area contributed by atoms with Crippen LogP contribution in [0.25, 0.3) is 0 Å². The topological polar surface area (TPSA) is 76.2 Å². The number of allylic oxidation sites excluding steroid dienone is 6. The van der Waals surface area contributed by atoms with E-state index in [0.29, 0.717) is 16.9 Å². The first-order chi connectivity index (χ1) is 10.6. The minimum Gasteiger partial charge on any atom is -0.423 e. The van der Waals surface area contributed by atoms with E-state index in [4.69, 9.17) is 15.9 Å². The van der Waals surface area contributed by atoms with Gasteiger partial charge in [0.25, 0.3) is 0 Å². The second-order valence-corrected chi connectivity index (χ2v) is 5.17. The maximum absolute atomic E-state index is 12.4. The zero-order valence-electron chi connectivity index (χ0n) is 12.0. The Labute approximate surface area is 128 Å². The average Bonchev–Trinajstić information content (AvgIpc) is 2.46. The number of fused-ring (bicyclic) bond motifs is 2. The first-order valence-electron chi connectivity index (χ1n) is 7.09. The van der Waals surface area contributed by atoms with Gasteiger partial charge in [-0.15, -0.1) is 0 Å². The standard InChI is InChI=1S/C18H16N2O2/c19-17(20)14-9-10-16-13(11-14)8-7-12-5-3-1-2-4-6-15(12)18(21)22-16/h1-6,9-11H,7-8H2,(H3,19,20)/b2-1?,3-1-,4-2-,5-3?,6-4?,12-5-,15-6+,15-12?. The SMILES string of the molecule is N=C(N)c1ccc2c(c1)CCC1=C/C=C\C=C/C=C\1C(=O)O2. The van der Waals surface area contributed by atoms with E-state index in [-0.39, 0.29) is 11.8 Å². The van der Waals surface area contributed by atoms with Crippen molar-refractivity contribution >= 4 is 11.8 Å². The number of benzene rings is 1. The molecule has 0 spiro atoms. The highest BCUT2D eigenvalue weighted by Crippen LogP contribution is 2.30. The number of amidine groups is 1. The highest BCUT2D eigenvalue weighted by atomic mass is 16.5. The molecule has 0 fully saturated rings. The summed E-state index contributed by atoms with van der Waals surface area (Å²) in [7, 11) is 0. The minimum atomic E-state index is -0.359. The van der Waals surface area contributed by atoms with Gasteiger partial charge < -0.3 is 10.5 Å². The van der Waals surface area contributed by atoms with Crippen LogP contribution in [0.15, 0.2) is 65.8 Å². The number of esters is 1. The summed E-state index contributed by atoms with van der Waals surface area (Å²) in [5, 5.41) is 7.52. The molecular formula is C18H16N2O2. The van der Waals surface area contributed by atoms with E-state index in [1.807, 2.05) is 36.4 Å². The van der Waals surface area contributed by atoms with Crippen LogP contribution < -0.4 is 10.5 Å². The average molecular weight is 292 g/mol. The molecule has 22 heavy (non-hydrogen) atoms. The number of hydrogen-bond donors (Lipinski definition) is 2. The lowest BCUT2D eigenvalue weighted by molar-refractivity contribution is -0.130. The van der Waals surface area contributed by atoms with Gasteiger partial charge in [-0.05, 0) is 48.3 Å². The fourth-order valence-electron chi connectivity index (χ4n) is 2.53. The van der Waals surface area contributed by atoms with Gasteiger partial charge in [-0.2, -0.15) is 0 Å². The quantitative estimate of drug-likeness (QED) is 0.362. The predicted molar refractivity (Wildman–Crippen MR) is 85.9 cm³/mol. The van der Waals surface area contributed by atoms with E-state index in [1.54, 1.807) is 18.2 Å². The summed E-state index contributed by atoms with van der Waals surface area (Å²) in [6.45, 7) is 0. The number of carbonyl (C=O) groups is 1. The fourth-order valence-corrected chi connectivity index (χ4v) is 2.53. The highest BCUT2D eigenvalue weighted by molar-refractivity contribution is 5.97. The molecule has 0 amide bonds. The zero-order chi connectivity index (χ0) is 15.5. The van der Waals surface area contributed by atoms with Crippen LogP contribution in [-0.2, 0) is 11.2 Å². The Balaban J connectivity index is 2.03. The van der Waals surface area contributed by atoms with E-state index in [9.17, 15) is 4.79 Å². The van der Waals surface area contributed by atoms with Crippen molar-refractivity contribution in [3.8, 4) is 5.75 Å². The van der Waals surface area contributed by atoms with Gasteiger partial charge >= 0.3 is 5.97 Å². The maximum Gasteiger partial charge on any atom is 0.343 e. The molecule has 4 heteroatoms. The normalized spacial score (nSPS) is 24.5. The minimum absolute atomic E-state index is 0.00927. The Bertz CT molecular complexity index is 767. The summed E-state index contributed by atoms with van der Waals surface area (Å²) in [4.78, 5) is 12.4. The van der Waals surface area contributed by atoms with Crippen molar-refractivity contribution < 1.29 is 9.53 Å². The molecule has 4 nitrogen and oxygen atoms in total. The number of aryl methyl sites for hydroxylation is 1. The summed E-state index contributed by atoms with van der Waals surface area (Å²) >= 11 is 0. The van der Waals surface area contributed by atoms with Gasteiger partial charge in [0.2, 0.25) is 0 Å². The second-order valence-electron chi connectivity index (χ2n) is 5.17. The van der Waals surface area contributed by atoms with Gasteiger partial charge in [0, 0.05) is 5.56 Å². The lowest BCUT2D eigenvalue weighted by Crippen LogP contribution is -2.18. The predicted octanol–water partition coefficient (Wildman–Crippen LogP) is 2.80. The van der Waals surface area contributed by atoms with Crippen LogP contribution in [0.5, 0.6) is 5.75 Å². The molecule has 3 rings (SSSR count). The van der Waals surface area contributed by atoms with E-state index >= 15 is 0 Å². The van der Waals surface area contributed by atoms with Gasteiger partial charge in [0.15, 0.2) is 0 Å². The summed E-state index contributed by atoms with van der Waals surface area (Å²) in [6, 6.07) is 5.22. The Morgan fingerprint density at radius 2 is 1.86 bits per heavy atom. The van der Waals surface area contributed by atoms with Gasteiger partial charge in [0.05, 0.1) is 5.57 Å². The molecule has 0 saturated carbocycles. The summed E-state index contributed by atoms with van der Waals surface area (Å²) in [5.41, 5.74) is 8.59. The first-order valence-corrected chi connectivity index (χ1v) is 7.09. The van der Waals surface area contributed by atoms with E-state index in [0.717, 1.165) is 24.0 Å². The second kappa shape index (κ2) is 5.85. The molecule has 1 heterocycles. The van der Waals surface area contributed by atoms with Crippen molar-refractivity contribution in [2.75, 3.05) is 0 Å². The largest absolute Gasteiger partial charge is 0.423 e. The molecule has 1 aromatic carbocycles. The van der Waals surface area contributed by atoms with Crippen molar-refractivity contribution in [2.24, 2.45) is 5.73 Å². The number of nitrogens with one attached hydrogen (secondary N) is 1. The zero-order valence-corrected chi connectivity index (χ0v) is 12.0. The van der Waals surface area contributed by atoms with Crippen molar-refractivity contribution in [1.29, 1.82) is 5.41 Å². The Morgan fingerprint density at radius 3 is 2.64 bits per heavy atom. The maximum atomic E-state index is 12.4. The number of nitrogens with two attached hydrogens (primary N) is 1. The van der Waals surface area contributed by atoms with E-state index in [1.165, 1.54) is 0 Å². The number of carbonyl (C=O) groups excluding carboxylic acids is 1. The third kappa shape index (κ3) is 2.76. The number of nitrogen functional groups attached to an aromatic ring is 1. The first kappa shape index (κ1) is 14.1. The third-order valence-corrected chi connectivity index (χ3v) is 3.70. The molecule has 1 aliphatic carbocycles. The van der Waals surface area contributed by atoms with Crippen LogP contribution in [0.1, 0.15) is 17.5 Å². The van der Waals surface area contributed by atoms with Crippen LogP contribution in [0.4, 0.5) is 0 Å². The van der Waals surface area contributed by atoms with Gasteiger partial charge in [-0.3, -0.25) is 5.41 Å². The van der Waals surface area contributed by atoms with E-state index < -0.39 is 0 Å². The lowest BCUT2D eigenvalue weighted by Gasteiger charge is -2.19. The van der Waals surface area contributed by atoms with E-state index in [2.05, 4.69) is 0 Å². The Morgan fingerprint density at radius 1 is 1.09 bits per heavy atom. The molecule has 0 atom stereocenters. The summed E-state index contributed by atoms with van der Waals surface area (Å²) in [6.07, 6.45) is 12.7. The number of hydrogen-bond acceptors (Lipinski definition) is 3. The molecule has 0 radical (unpaired) electrons. The molecule has 0 saturated heterocycles. The molecule has 1 aliphatic heterocycles. The number of rotatable bonds is 1. The molecule has 0 aromatic heterocycles. The molecular weight excluding hydrogens is 276 g/mol. The summed E-state index contributed by atoms with van der Waals surface area (Å²) in [5.74, 6) is 0.189. The summed E-state index contributed by atoms with van der Waals surface area (Å²) < 4.78 is 5.52. The van der Waals surface area contributed by atoms with Crippen LogP contribution >= 0.6 is 0 Å². The Kier molecular flexibility index (Phi) is 3.74. The highest BCUT2D eigenvalue weighted by Gasteiger charge is 2.21. The van der Waals surface area contributed by atoms with Gasteiger partial charge in [0.1, 0.15) is 11.6 Å². The van der Waals surface area contributed by atoms with Crippen LogP contribution in [0.2, 0.25) is 0 Å². The molecule has 0 unspecified atom stereocenters. The molecule has 0 bridgehead atoms. The third-order valence-electron chi connectivity index (χ3n) is 3.70. The van der Waals surface area contributed by atoms with Gasteiger partial charge in [-0.1, -0.05) is 30.4 Å². The molecule has 2 aliphatic rings. The van der Waals surface area contributed by atoms with Crippen LogP contribution in [-0.4, -0.2) is 11.8 Å². The van der Waals surface area contributed by atoms with Crippen LogP contribution in [0.3, 0.4) is 0 Å². The molecule has 110 valence electrons. The van der Waals surface area contributed by atoms with Crippen molar-refractivity contribution in [3.63, 3.8) is 0 Å². The monoisotopic (exact) mass is 292 g/mol.